The molecule has 3 nitrogen and oxygen atoms in total. The molecule has 0 aliphatic heterocycles. The highest BCUT2D eigenvalue weighted by molar-refractivity contribution is 5.99. The SMILES string of the molecule is CCCN(C(=O)c1cccc(-c2ccnc3c(F)cc(F)cc23)c1)C1CC1. The first kappa shape index (κ1) is 17.6. The fourth-order valence-corrected chi connectivity index (χ4v) is 3.49. The topological polar surface area (TPSA) is 33.2 Å². The van der Waals surface area contributed by atoms with E-state index >= 15 is 0 Å². The maximum Gasteiger partial charge on any atom is 0.254 e. The van der Waals surface area contributed by atoms with E-state index in [-0.39, 0.29) is 11.4 Å². The average Bonchev–Trinajstić information content (AvgIpc) is 3.50. The van der Waals surface area contributed by atoms with Gasteiger partial charge in [-0.25, -0.2) is 8.78 Å². The minimum absolute atomic E-state index is 0.0110. The quantitative estimate of drug-likeness (QED) is 0.622. The predicted octanol–water partition coefficient (Wildman–Crippen LogP) is 5.19. The third kappa shape index (κ3) is 3.42. The number of halogens is 2. The summed E-state index contributed by atoms with van der Waals surface area (Å²) in [5.74, 6) is -1.33. The lowest BCUT2D eigenvalue weighted by molar-refractivity contribution is 0.0743. The van der Waals surface area contributed by atoms with E-state index in [1.807, 2.05) is 17.0 Å². The molecule has 1 aliphatic rings. The molecule has 0 N–H and O–H groups in total. The van der Waals surface area contributed by atoms with Gasteiger partial charge in [0.05, 0.1) is 0 Å². The molecule has 1 fully saturated rings. The molecule has 3 aromatic rings. The van der Waals surface area contributed by atoms with Gasteiger partial charge in [0.2, 0.25) is 0 Å². The lowest BCUT2D eigenvalue weighted by atomic mass is 9.99. The Morgan fingerprint density at radius 2 is 2.00 bits per heavy atom. The summed E-state index contributed by atoms with van der Waals surface area (Å²) in [6, 6.07) is 11.4. The Kier molecular flexibility index (Phi) is 4.60. The van der Waals surface area contributed by atoms with Crippen LogP contribution in [0.5, 0.6) is 0 Å². The summed E-state index contributed by atoms with van der Waals surface area (Å²) in [4.78, 5) is 18.9. The molecule has 1 amide bonds. The standard InChI is InChI=1S/C22H20F2N2O/c1-2-10-26(17-6-7-17)22(27)15-5-3-4-14(11-15)18-8-9-25-21-19(18)12-16(23)13-20(21)24/h3-5,8-9,11-13,17H,2,6-7,10H2,1H3. The lowest BCUT2D eigenvalue weighted by Crippen LogP contribution is -2.33. The van der Waals surface area contributed by atoms with E-state index in [4.69, 9.17) is 0 Å². The Morgan fingerprint density at radius 3 is 2.74 bits per heavy atom. The third-order valence-electron chi connectivity index (χ3n) is 4.90. The lowest BCUT2D eigenvalue weighted by Gasteiger charge is -2.22. The van der Waals surface area contributed by atoms with E-state index in [1.54, 1.807) is 18.2 Å². The monoisotopic (exact) mass is 366 g/mol. The van der Waals surface area contributed by atoms with E-state index in [0.717, 1.165) is 37.4 Å². The zero-order chi connectivity index (χ0) is 19.0. The van der Waals surface area contributed by atoms with E-state index in [9.17, 15) is 13.6 Å². The molecular formula is C22H20F2N2O. The van der Waals surface area contributed by atoms with Gasteiger partial charge in [-0.1, -0.05) is 19.1 Å². The average molecular weight is 366 g/mol. The number of pyridine rings is 1. The number of aromatic nitrogens is 1. The Hall–Kier alpha value is -2.82. The maximum absolute atomic E-state index is 14.1. The molecule has 1 aliphatic carbocycles. The van der Waals surface area contributed by atoms with Crippen molar-refractivity contribution in [2.75, 3.05) is 6.54 Å². The van der Waals surface area contributed by atoms with Crippen molar-refractivity contribution in [3.05, 3.63) is 65.9 Å². The van der Waals surface area contributed by atoms with Crippen molar-refractivity contribution in [1.29, 1.82) is 0 Å². The summed E-state index contributed by atoms with van der Waals surface area (Å²) in [5.41, 5.74) is 2.11. The number of hydrogen-bond acceptors (Lipinski definition) is 2. The summed E-state index contributed by atoms with van der Waals surface area (Å²) >= 11 is 0. The molecule has 0 radical (unpaired) electrons. The summed E-state index contributed by atoms with van der Waals surface area (Å²) in [6.07, 6.45) is 4.52. The minimum atomic E-state index is -0.693. The number of nitrogens with zero attached hydrogens (tertiary/aromatic N) is 2. The van der Waals surface area contributed by atoms with Crippen molar-refractivity contribution in [3.63, 3.8) is 0 Å². The molecule has 0 atom stereocenters. The minimum Gasteiger partial charge on any atom is -0.336 e. The molecule has 0 bridgehead atoms. The first-order chi connectivity index (χ1) is 13.1. The van der Waals surface area contributed by atoms with Crippen LogP contribution in [0.2, 0.25) is 0 Å². The zero-order valence-electron chi connectivity index (χ0n) is 15.1. The van der Waals surface area contributed by atoms with Gasteiger partial charge in [0.15, 0.2) is 5.82 Å². The number of fused-ring (bicyclic) bond motifs is 1. The maximum atomic E-state index is 14.1. The van der Waals surface area contributed by atoms with E-state index in [0.29, 0.717) is 22.6 Å². The van der Waals surface area contributed by atoms with Gasteiger partial charge in [-0.05, 0) is 54.7 Å². The highest BCUT2D eigenvalue weighted by Gasteiger charge is 2.32. The molecule has 2 aromatic carbocycles. The molecule has 4 rings (SSSR count). The number of hydrogen-bond donors (Lipinski definition) is 0. The van der Waals surface area contributed by atoms with Crippen LogP contribution < -0.4 is 0 Å². The molecule has 5 heteroatoms. The second-order valence-electron chi connectivity index (χ2n) is 6.95. The van der Waals surface area contributed by atoms with Crippen LogP contribution >= 0.6 is 0 Å². The number of benzene rings is 2. The summed E-state index contributed by atoms with van der Waals surface area (Å²) in [6.45, 7) is 2.80. The van der Waals surface area contributed by atoms with Gasteiger partial charge < -0.3 is 4.90 Å². The van der Waals surface area contributed by atoms with Gasteiger partial charge in [0.1, 0.15) is 11.3 Å². The zero-order valence-corrected chi connectivity index (χ0v) is 15.1. The van der Waals surface area contributed by atoms with Gasteiger partial charge in [0, 0.05) is 35.8 Å². The molecule has 1 saturated carbocycles. The second-order valence-corrected chi connectivity index (χ2v) is 6.95. The van der Waals surface area contributed by atoms with Gasteiger partial charge in [-0.3, -0.25) is 9.78 Å². The van der Waals surface area contributed by atoms with Crippen LogP contribution in [0.25, 0.3) is 22.0 Å². The van der Waals surface area contributed by atoms with Gasteiger partial charge in [0.25, 0.3) is 5.91 Å². The molecule has 1 heterocycles. The molecular weight excluding hydrogens is 346 g/mol. The molecule has 0 spiro atoms. The fourth-order valence-electron chi connectivity index (χ4n) is 3.49. The summed E-state index contributed by atoms with van der Waals surface area (Å²) in [7, 11) is 0. The van der Waals surface area contributed by atoms with Crippen LogP contribution in [0.4, 0.5) is 8.78 Å². The van der Waals surface area contributed by atoms with Gasteiger partial charge >= 0.3 is 0 Å². The fraction of sp³-hybridized carbons (Fsp3) is 0.273. The van der Waals surface area contributed by atoms with Crippen molar-refractivity contribution in [2.24, 2.45) is 0 Å². The van der Waals surface area contributed by atoms with Crippen molar-refractivity contribution < 1.29 is 13.6 Å². The molecule has 1 aromatic heterocycles. The Labute approximate surface area is 156 Å². The highest BCUT2D eigenvalue weighted by atomic mass is 19.1. The van der Waals surface area contributed by atoms with Crippen molar-refractivity contribution in [2.45, 2.75) is 32.2 Å². The van der Waals surface area contributed by atoms with Crippen LogP contribution in [-0.4, -0.2) is 28.4 Å². The molecule has 0 unspecified atom stereocenters. The Bertz CT molecular complexity index is 1010. The van der Waals surface area contributed by atoms with Crippen LogP contribution in [0, 0.1) is 11.6 Å². The predicted molar refractivity (Wildman–Crippen MR) is 101 cm³/mol. The highest BCUT2D eigenvalue weighted by Crippen LogP contribution is 2.32. The first-order valence-corrected chi connectivity index (χ1v) is 9.23. The van der Waals surface area contributed by atoms with Crippen molar-refractivity contribution in [1.82, 2.24) is 9.88 Å². The molecule has 138 valence electrons. The largest absolute Gasteiger partial charge is 0.336 e. The number of carbonyl (C=O) groups is 1. The van der Waals surface area contributed by atoms with Crippen LogP contribution in [0.3, 0.4) is 0 Å². The van der Waals surface area contributed by atoms with E-state index in [1.165, 1.54) is 12.3 Å². The number of carbonyl (C=O) groups excluding carboxylic acids is 1. The van der Waals surface area contributed by atoms with Crippen molar-refractivity contribution in [3.8, 4) is 11.1 Å². The van der Waals surface area contributed by atoms with Gasteiger partial charge in [-0.2, -0.15) is 0 Å². The second kappa shape index (κ2) is 7.06. The van der Waals surface area contributed by atoms with E-state index < -0.39 is 11.6 Å². The third-order valence-corrected chi connectivity index (χ3v) is 4.90. The Balaban J connectivity index is 1.77. The van der Waals surface area contributed by atoms with Crippen LogP contribution in [-0.2, 0) is 0 Å². The smallest absolute Gasteiger partial charge is 0.254 e. The van der Waals surface area contributed by atoms with Crippen LogP contribution in [0.1, 0.15) is 36.5 Å². The van der Waals surface area contributed by atoms with Crippen LogP contribution in [0.15, 0.2) is 48.7 Å². The van der Waals surface area contributed by atoms with Crippen molar-refractivity contribution >= 4 is 16.8 Å². The summed E-state index contributed by atoms with van der Waals surface area (Å²) in [5, 5.41) is 0.396. The summed E-state index contributed by atoms with van der Waals surface area (Å²) < 4.78 is 27.8. The normalized spacial score (nSPS) is 13.7. The van der Waals surface area contributed by atoms with Gasteiger partial charge in [-0.15, -0.1) is 0 Å². The number of rotatable bonds is 5. The number of amides is 1. The van der Waals surface area contributed by atoms with E-state index in [2.05, 4.69) is 11.9 Å². The Morgan fingerprint density at radius 1 is 1.19 bits per heavy atom. The molecule has 0 saturated heterocycles. The molecule has 27 heavy (non-hydrogen) atoms. The first-order valence-electron chi connectivity index (χ1n) is 9.23.